The molecule has 1 aromatic heterocycles. The number of rotatable bonds is 16. The molecule has 5 amide bonds. The van der Waals surface area contributed by atoms with Crippen molar-refractivity contribution in [3.8, 4) is 0 Å². The van der Waals surface area contributed by atoms with Crippen molar-refractivity contribution in [1.82, 2.24) is 26.0 Å². The lowest BCUT2D eigenvalue weighted by Gasteiger charge is -2.31. The number of nitrogens with zero attached hydrogens (tertiary/aromatic N) is 1. The molecule has 0 aliphatic rings. The fourth-order valence-corrected chi connectivity index (χ4v) is 4.63. The Hall–Kier alpha value is -4.46. The van der Waals surface area contributed by atoms with Gasteiger partial charge in [-0.15, -0.1) is 0 Å². The number of hydroxylamine groups is 2. The molecule has 236 valence electrons. The molecule has 0 bridgehead atoms. The number of carboxylic acids is 1. The van der Waals surface area contributed by atoms with E-state index < -0.39 is 72.0 Å². The maximum atomic E-state index is 13.7. The van der Waals surface area contributed by atoms with Gasteiger partial charge in [0.25, 0.3) is 5.91 Å². The molecule has 0 saturated carbocycles. The number of para-hydroxylation sites is 1. The van der Waals surface area contributed by atoms with Crippen molar-refractivity contribution in [3.63, 3.8) is 0 Å². The molecule has 0 spiro atoms. The van der Waals surface area contributed by atoms with E-state index in [0.29, 0.717) is 18.4 Å². The Bertz CT molecular complexity index is 1330. The Morgan fingerprint density at radius 1 is 0.930 bits per heavy atom. The van der Waals surface area contributed by atoms with Crippen molar-refractivity contribution in [1.29, 1.82) is 0 Å². The number of aromatic amines is 1. The lowest BCUT2D eigenvalue weighted by atomic mass is 9.94. The third-order valence-electron chi connectivity index (χ3n) is 7.56. The highest BCUT2D eigenvalue weighted by atomic mass is 16.5. The molecule has 0 aliphatic heterocycles. The second kappa shape index (κ2) is 15.7. The molecule has 1 aromatic carbocycles. The predicted octanol–water partition coefficient (Wildman–Crippen LogP) is 0.823. The van der Waals surface area contributed by atoms with E-state index in [4.69, 9.17) is 5.73 Å². The Morgan fingerprint density at radius 3 is 2.02 bits per heavy atom. The molecule has 14 heteroatoms. The van der Waals surface area contributed by atoms with Crippen molar-refractivity contribution in [2.24, 2.45) is 17.6 Å². The number of benzene rings is 1. The van der Waals surface area contributed by atoms with Crippen LogP contribution in [0.15, 0.2) is 30.5 Å². The summed E-state index contributed by atoms with van der Waals surface area (Å²) in [5.74, 6) is -6.37. The first-order valence-electron chi connectivity index (χ1n) is 14.2. The van der Waals surface area contributed by atoms with E-state index in [1.807, 2.05) is 13.8 Å². The number of aliphatic carboxylic acids is 1. The average molecular weight is 603 g/mol. The Kier molecular flexibility index (Phi) is 12.7. The first kappa shape index (κ1) is 34.7. The summed E-state index contributed by atoms with van der Waals surface area (Å²) in [6.45, 7) is 8.46. The maximum absolute atomic E-state index is 13.7. The summed E-state index contributed by atoms with van der Waals surface area (Å²) < 4.78 is 0. The number of carboxylic acid groups (broad SMARTS) is 1. The number of primary amides is 1. The second-order valence-electron chi connectivity index (χ2n) is 10.8. The molecule has 2 unspecified atom stereocenters. The third-order valence-corrected chi connectivity index (χ3v) is 7.56. The van der Waals surface area contributed by atoms with Gasteiger partial charge < -0.3 is 31.8 Å². The number of fused-ring (bicyclic) bond motifs is 1. The molecule has 8 N–H and O–H groups in total. The Morgan fingerprint density at radius 2 is 1.49 bits per heavy atom. The largest absolute Gasteiger partial charge is 0.480 e. The van der Waals surface area contributed by atoms with Crippen LogP contribution in [0.4, 0.5) is 0 Å². The molecular weight excluding hydrogens is 560 g/mol. The van der Waals surface area contributed by atoms with Crippen LogP contribution in [0.2, 0.25) is 0 Å². The highest BCUT2D eigenvalue weighted by Gasteiger charge is 2.38. The number of hydrogen-bond donors (Lipinski definition) is 7. The fourth-order valence-electron chi connectivity index (χ4n) is 4.63. The van der Waals surface area contributed by atoms with E-state index in [9.17, 15) is 39.1 Å². The van der Waals surface area contributed by atoms with Gasteiger partial charge >= 0.3 is 5.97 Å². The van der Waals surface area contributed by atoms with Crippen LogP contribution < -0.4 is 21.7 Å². The molecule has 0 saturated heterocycles. The lowest BCUT2D eigenvalue weighted by Crippen LogP contribution is -2.60. The van der Waals surface area contributed by atoms with Crippen LogP contribution in [0.3, 0.4) is 0 Å². The zero-order chi connectivity index (χ0) is 32.4. The van der Waals surface area contributed by atoms with Gasteiger partial charge in [-0.1, -0.05) is 58.7 Å². The van der Waals surface area contributed by atoms with Crippen molar-refractivity contribution in [3.05, 3.63) is 36.0 Å². The van der Waals surface area contributed by atoms with Gasteiger partial charge in [-0.3, -0.25) is 29.2 Å². The smallest absolute Gasteiger partial charge is 0.329 e. The molecule has 1 heterocycles. The van der Waals surface area contributed by atoms with Crippen LogP contribution in [-0.4, -0.2) is 80.0 Å². The zero-order valence-electron chi connectivity index (χ0n) is 25.0. The van der Waals surface area contributed by atoms with Crippen LogP contribution in [0.5, 0.6) is 0 Å². The second-order valence-corrected chi connectivity index (χ2v) is 10.8. The zero-order valence-corrected chi connectivity index (χ0v) is 25.0. The van der Waals surface area contributed by atoms with Gasteiger partial charge in [0, 0.05) is 30.4 Å². The Labute approximate surface area is 249 Å². The van der Waals surface area contributed by atoms with Gasteiger partial charge in [0.15, 0.2) is 6.04 Å². The number of nitrogens with two attached hydrogens (primary N) is 1. The normalized spacial score (nSPS) is 15.3. The predicted molar refractivity (Wildman–Crippen MR) is 156 cm³/mol. The maximum Gasteiger partial charge on any atom is 0.329 e. The molecular formula is C29H42N6O8. The van der Waals surface area contributed by atoms with Gasteiger partial charge in [-0.25, -0.2) is 9.86 Å². The van der Waals surface area contributed by atoms with Gasteiger partial charge in [0.1, 0.15) is 18.1 Å². The van der Waals surface area contributed by atoms with E-state index in [1.165, 1.54) is 6.92 Å². The number of carbonyl (C=O) groups excluding carboxylic acids is 5. The van der Waals surface area contributed by atoms with Gasteiger partial charge in [-0.05, 0) is 23.5 Å². The summed E-state index contributed by atoms with van der Waals surface area (Å²) in [4.78, 5) is 78.5. The van der Waals surface area contributed by atoms with Crippen LogP contribution in [0.25, 0.3) is 10.9 Å². The number of nitrogens with one attached hydrogen (secondary N) is 4. The van der Waals surface area contributed by atoms with Gasteiger partial charge in [-0.2, -0.15) is 0 Å². The minimum absolute atomic E-state index is 0.112. The summed E-state index contributed by atoms with van der Waals surface area (Å²) in [7, 11) is 0. The van der Waals surface area contributed by atoms with E-state index in [1.54, 1.807) is 44.3 Å². The lowest BCUT2D eigenvalue weighted by molar-refractivity contribution is -0.188. The minimum Gasteiger partial charge on any atom is -0.480 e. The quantitative estimate of drug-likeness (QED) is 0.107. The highest BCUT2D eigenvalue weighted by Crippen LogP contribution is 2.21. The number of carbonyl (C=O) groups is 6. The SMILES string of the molecule is CCC(C)[C@H](NC(C)=O)C(=O)N[C@H](C(=O)N[C@@H](Cc1c[nH]c2ccccc12)C(=O)N(O)[C@@H](CC(N)=O)C(=O)O)C(C)CC. The van der Waals surface area contributed by atoms with Gasteiger partial charge in [0.05, 0.1) is 6.42 Å². The molecule has 0 fully saturated rings. The van der Waals surface area contributed by atoms with Crippen molar-refractivity contribution in [2.75, 3.05) is 0 Å². The minimum atomic E-state index is -1.99. The van der Waals surface area contributed by atoms with Crippen LogP contribution in [0, 0.1) is 11.8 Å². The average Bonchev–Trinajstić information content (AvgIpc) is 3.37. The van der Waals surface area contributed by atoms with Crippen molar-refractivity contribution >= 4 is 46.4 Å². The first-order chi connectivity index (χ1) is 20.2. The molecule has 2 aromatic rings. The van der Waals surface area contributed by atoms with Crippen LogP contribution in [0.1, 0.15) is 59.4 Å². The summed E-state index contributed by atoms with van der Waals surface area (Å²) in [5.41, 5.74) is 6.45. The number of aromatic nitrogens is 1. The van der Waals surface area contributed by atoms with E-state index in [0.717, 1.165) is 10.9 Å². The topological polar surface area (TPSA) is 224 Å². The third kappa shape index (κ3) is 9.26. The molecule has 14 nitrogen and oxygen atoms in total. The van der Waals surface area contributed by atoms with Crippen molar-refractivity contribution in [2.45, 2.75) is 84.5 Å². The number of amides is 5. The molecule has 6 atom stereocenters. The van der Waals surface area contributed by atoms with E-state index >= 15 is 0 Å². The van der Waals surface area contributed by atoms with E-state index in [-0.39, 0.29) is 17.4 Å². The molecule has 0 aliphatic carbocycles. The summed E-state index contributed by atoms with van der Waals surface area (Å²) in [6.07, 6.45) is 1.62. The first-order valence-corrected chi connectivity index (χ1v) is 14.2. The van der Waals surface area contributed by atoms with Crippen LogP contribution in [-0.2, 0) is 35.2 Å². The number of hydrogen-bond acceptors (Lipinski definition) is 7. The monoisotopic (exact) mass is 602 g/mol. The fraction of sp³-hybridized carbons (Fsp3) is 0.517. The Balaban J connectivity index is 2.45. The molecule has 43 heavy (non-hydrogen) atoms. The van der Waals surface area contributed by atoms with Crippen LogP contribution >= 0.6 is 0 Å². The summed E-state index contributed by atoms with van der Waals surface area (Å²) in [6, 6.07) is 1.61. The standard InChI is InChI=1S/C29H42N6O8/c1-6-15(3)24(32-17(5)36)27(39)34-25(16(4)7-2)26(38)33-21(12-18-14-31-20-11-9-8-10-19(18)20)28(40)35(43)22(29(41)42)13-23(30)37/h8-11,14-16,21-22,24-25,31,43H,6-7,12-13H2,1-5H3,(H2,30,37)(H,32,36)(H,33,38)(H,34,39)(H,41,42)/t15?,16?,21-,22-,24-,25-/m0/s1. The molecule has 2 rings (SSSR count). The number of H-pyrrole nitrogens is 1. The summed E-state index contributed by atoms with van der Waals surface area (Å²) in [5, 5.41) is 28.7. The highest BCUT2D eigenvalue weighted by molar-refractivity contribution is 5.96. The van der Waals surface area contributed by atoms with Crippen molar-refractivity contribution < 1.29 is 39.1 Å². The summed E-state index contributed by atoms with van der Waals surface area (Å²) >= 11 is 0. The van der Waals surface area contributed by atoms with E-state index in [2.05, 4.69) is 20.9 Å². The van der Waals surface area contributed by atoms with Gasteiger partial charge in [0.2, 0.25) is 23.6 Å². The molecule has 0 radical (unpaired) electrons.